The van der Waals surface area contributed by atoms with Gasteiger partial charge in [0.05, 0.1) is 6.10 Å². The van der Waals surface area contributed by atoms with E-state index in [9.17, 15) is 0 Å². The Balaban J connectivity index is 3.58. The fourth-order valence-electron chi connectivity index (χ4n) is 0.879. The molecule has 0 aromatic rings. The Morgan fingerprint density at radius 3 is 2.33 bits per heavy atom. The van der Waals surface area contributed by atoms with E-state index in [1.54, 1.807) is 0 Å². The van der Waals surface area contributed by atoms with E-state index < -0.39 is 0 Å². The first-order valence-corrected chi connectivity index (χ1v) is 5.84. The molecule has 0 heterocycles. The van der Waals surface area contributed by atoms with E-state index in [1.165, 1.54) is 6.42 Å². The average molecular weight is 237 g/mol. The number of alkyl halides is 1. The van der Waals surface area contributed by atoms with Gasteiger partial charge in [0, 0.05) is 11.9 Å². The minimum atomic E-state index is 0.362. The Bertz CT molecular complexity index is 108. The van der Waals surface area contributed by atoms with Crippen LogP contribution in [0.25, 0.3) is 0 Å². The van der Waals surface area contributed by atoms with Gasteiger partial charge in [-0.3, -0.25) is 0 Å². The topological polar surface area (TPSA) is 9.23 Å². The van der Waals surface area contributed by atoms with Gasteiger partial charge >= 0.3 is 0 Å². The molecule has 0 aromatic heterocycles. The van der Waals surface area contributed by atoms with Crippen molar-refractivity contribution in [2.24, 2.45) is 5.41 Å². The van der Waals surface area contributed by atoms with Gasteiger partial charge < -0.3 is 4.74 Å². The second-order valence-electron chi connectivity index (χ2n) is 3.97. The molecular weight excluding hydrogens is 216 g/mol. The van der Waals surface area contributed by atoms with Gasteiger partial charge in [-0.1, -0.05) is 29.8 Å². The molecule has 0 saturated carbocycles. The van der Waals surface area contributed by atoms with Crippen LogP contribution >= 0.6 is 15.9 Å². The molecule has 1 unspecified atom stereocenters. The maximum atomic E-state index is 5.52. The maximum absolute atomic E-state index is 5.52. The zero-order chi connectivity index (χ0) is 9.61. The number of halogens is 1. The van der Waals surface area contributed by atoms with Crippen LogP contribution in [0.1, 0.15) is 40.5 Å². The normalized spacial score (nSPS) is 16.5. The zero-order valence-electron chi connectivity index (χ0n) is 8.69. The van der Waals surface area contributed by atoms with Gasteiger partial charge in [-0.15, -0.1) is 0 Å². The van der Waals surface area contributed by atoms with Gasteiger partial charge in [0.1, 0.15) is 0 Å². The number of hydrogen-bond acceptors (Lipinski definition) is 1. The highest BCUT2D eigenvalue weighted by Gasteiger charge is 2.19. The van der Waals surface area contributed by atoms with E-state index in [1.807, 2.05) is 0 Å². The molecule has 0 spiro atoms. The lowest BCUT2D eigenvalue weighted by molar-refractivity contribution is 0.0578. The largest absolute Gasteiger partial charge is 0.379 e. The predicted octanol–water partition coefficient (Wildman–Crippen LogP) is 3.61. The Labute approximate surface area is 85.0 Å². The second kappa shape index (κ2) is 5.98. The SMILES string of the molecule is CCC(C)(CBr)CCOC(C)C. The molecule has 0 aliphatic carbocycles. The molecule has 12 heavy (non-hydrogen) atoms. The Morgan fingerprint density at radius 2 is 2.00 bits per heavy atom. The molecule has 0 aromatic carbocycles. The smallest absolute Gasteiger partial charge is 0.0518 e. The minimum absolute atomic E-state index is 0.362. The highest BCUT2D eigenvalue weighted by atomic mass is 79.9. The zero-order valence-corrected chi connectivity index (χ0v) is 10.3. The van der Waals surface area contributed by atoms with Crippen LogP contribution in [0.15, 0.2) is 0 Å². The number of rotatable bonds is 6. The highest BCUT2D eigenvalue weighted by Crippen LogP contribution is 2.27. The van der Waals surface area contributed by atoms with Crippen molar-refractivity contribution < 1.29 is 4.74 Å². The van der Waals surface area contributed by atoms with Crippen molar-refractivity contribution in [2.45, 2.75) is 46.6 Å². The van der Waals surface area contributed by atoms with Crippen LogP contribution in [0, 0.1) is 5.41 Å². The standard InChI is InChI=1S/C10H21BrO/c1-5-10(4,8-11)6-7-12-9(2)3/h9H,5-8H2,1-4H3. The van der Waals surface area contributed by atoms with Gasteiger partial charge in [0.2, 0.25) is 0 Å². The molecule has 0 bridgehead atoms. The summed E-state index contributed by atoms with van der Waals surface area (Å²) >= 11 is 3.54. The summed E-state index contributed by atoms with van der Waals surface area (Å²) in [5.41, 5.74) is 0.412. The summed E-state index contributed by atoms with van der Waals surface area (Å²) in [7, 11) is 0. The molecule has 0 N–H and O–H groups in total. The van der Waals surface area contributed by atoms with Crippen LogP contribution in [-0.4, -0.2) is 18.0 Å². The predicted molar refractivity (Wildman–Crippen MR) is 57.9 cm³/mol. The summed E-state index contributed by atoms with van der Waals surface area (Å²) in [6, 6.07) is 0. The van der Waals surface area contributed by atoms with E-state index in [0.717, 1.165) is 18.4 Å². The third-order valence-electron chi connectivity index (χ3n) is 2.33. The fraction of sp³-hybridized carbons (Fsp3) is 1.00. The summed E-state index contributed by atoms with van der Waals surface area (Å²) in [6.07, 6.45) is 2.72. The van der Waals surface area contributed by atoms with Crippen molar-refractivity contribution in [1.82, 2.24) is 0 Å². The maximum Gasteiger partial charge on any atom is 0.0518 e. The second-order valence-corrected chi connectivity index (χ2v) is 4.53. The van der Waals surface area contributed by atoms with Crippen molar-refractivity contribution in [3.63, 3.8) is 0 Å². The Hall–Kier alpha value is 0.440. The van der Waals surface area contributed by atoms with E-state index in [2.05, 4.69) is 43.6 Å². The molecule has 0 fully saturated rings. The first-order valence-electron chi connectivity index (χ1n) is 4.71. The molecule has 0 aliphatic rings. The van der Waals surface area contributed by atoms with Crippen molar-refractivity contribution >= 4 is 15.9 Å². The molecule has 0 amide bonds. The molecule has 1 nitrogen and oxygen atoms in total. The average Bonchev–Trinajstić information content (AvgIpc) is 2.03. The fourth-order valence-corrected chi connectivity index (χ4v) is 1.56. The van der Waals surface area contributed by atoms with Crippen molar-refractivity contribution in [1.29, 1.82) is 0 Å². The molecule has 0 rings (SSSR count). The third-order valence-corrected chi connectivity index (χ3v) is 3.69. The lowest BCUT2D eigenvalue weighted by Gasteiger charge is -2.25. The molecule has 74 valence electrons. The van der Waals surface area contributed by atoms with Crippen LogP contribution in [0.2, 0.25) is 0 Å². The van der Waals surface area contributed by atoms with Crippen LogP contribution in [0.5, 0.6) is 0 Å². The Kier molecular flexibility index (Phi) is 6.20. The highest BCUT2D eigenvalue weighted by molar-refractivity contribution is 9.09. The van der Waals surface area contributed by atoms with Crippen molar-refractivity contribution in [2.75, 3.05) is 11.9 Å². The quantitative estimate of drug-likeness (QED) is 0.641. The van der Waals surface area contributed by atoms with Crippen molar-refractivity contribution in [3.8, 4) is 0 Å². The monoisotopic (exact) mass is 236 g/mol. The van der Waals surface area contributed by atoms with E-state index in [-0.39, 0.29) is 0 Å². The summed E-state index contributed by atoms with van der Waals surface area (Å²) < 4.78 is 5.52. The summed E-state index contributed by atoms with van der Waals surface area (Å²) in [4.78, 5) is 0. The van der Waals surface area contributed by atoms with E-state index in [0.29, 0.717) is 11.5 Å². The first-order chi connectivity index (χ1) is 5.54. The van der Waals surface area contributed by atoms with Gasteiger partial charge in [-0.25, -0.2) is 0 Å². The number of hydrogen-bond donors (Lipinski definition) is 0. The molecule has 2 heteroatoms. The van der Waals surface area contributed by atoms with Crippen molar-refractivity contribution in [3.05, 3.63) is 0 Å². The van der Waals surface area contributed by atoms with Gasteiger partial charge in [0.25, 0.3) is 0 Å². The summed E-state index contributed by atoms with van der Waals surface area (Å²) in [5.74, 6) is 0. The van der Waals surface area contributed by atoms with Crippen LogP contribution < -0.4 is 0 Å². The summed E-state index contributed by atoms with van der Waals surface area (Å²) in [5, 5.41) is 1.07. The van der Waals surface area contributed by atoms with Crippen LogP contribution in [0.4, 0.5) is 0 Å². The van der Waals surface area contributed by atoms with E-state index >= 15 is 0 Å². The van der Waals surface area contributed by atoms with Crippen LogP contribution in [-0.2, 0) is 4.74 Å². The first kappa shape index (κ1) is 12.4. The minimum Gasteiger partial charge on any atom is -0.379 e. The lowest BCUT2D eigenvalue weighted by Crippen LogP contribution is -2.20. The van der Waals surface area contributed by atoms with Gasteiger partial charge in [-0.2, -0.15) is 0 Å². The van der Waals surface area contributed by atoms with Gasteiger partial charge in [0.15, 0.2) is 0 Å². The number of ether oxygens (including phenoxy) is 1. The van der Waals surface area contributed by atoms with Gasteiger partial charge in [-0.05, 0) is 32.1 Å². The molecule has 1 atom stereocenters. The summed E-state index contributed by atoms with van der Waals surface area (Å²) in [6.45, 7) is 9.57. The third kappa shape index (κ3) is 5.15. The lowest BCUT2D eigenvalue weighted by atomic mass is 9.87. The Morgan fingerprint density at radius 1 is 1.42 bits per heavy atom. The van der Waals surface area contributed by atoms with E-state index in [4.69, 9.17) is 4.74 Å². The molecule has 0 saturated heterocycles. The molecular formula is C10H21BrO. The van der Waals surface area contributed by atoms with Crippen LogP contribution in [0.3, 0.4) is 0 Å². The molecule has 0 aliphatic heterocycles. The molecule has 0 radical (unpaired) electrons.